The van der Waals surface area contributed by atoms with Crippen LogP contribution in [0.4, 0.5) is 5.95 Å². The number of nitrogens with zero attached hydrogens (tertiary/aromatic N) is 3. The maximum Gasteiger partial charge on any atom is 0.277 e. The van der Waals surface area contributed by atoms with Gasteiger partial charge in [-0.1, -0.05) is 29.8 Å². The molecule has 2 aromatic heterocycles. The van der Waals surface area contributed by atoms with E-state index in [4.69, 9.17) is 11.6 Å². The molecule has 0 aliphatic heterocycles. The summed E-state index contributed by atoms with van der Waals surface area (Å²) in [6.07, 6.45) is 4.75. The Morgan fingerprint density at radius 2 is 2.10 bits per heavy atom. The number of rotatable bonds is 3. The van der Waals surface area contributed by atoms with Crippen LogP contribution >= 0.6 is 11.6 Å². The van der Waals surface area contributed by atoms with Crippen LogP contribution in [0.2, 0.25) is 5.02 Å². The monoisotopic (exact) mass is 287 g/mol. The summed E-state index contributed by atoms with van der Waals surface area (Å²) in [4.78, 5) is 16.2. The molecule has 7 heteroatoms. The van der Waals surface area contributed by atoms with Crippen LogP contribution in [0, 0.1) is 0 Å². The van der Waals surface area contributed by atoms with E-state index in [1.54, 1.807) is 17.0 Å². The second kappa shape index (κ2) is 5.18. The highest BCUT2D eigenvalue weighted by Crippen LogP contribution is 2.16. The van der Waals surface area contributed by atoms with Gasteiger partial charge in [0, 0.05) is 18.1 Å². The zero-order chi connectivity index (χ0) is 13.9. The van der Waals surface area contributed by atoms with Crippen LogP contribution in [-0.4, -0.2) is 25.7 Å². The predicted molar refractivity (Wildman–Crippen MR) is 75.1 cm³/mol. The van der Waals surface area contributed by atoms with Gasteiger partial charge in [0.2, 0.25) is 5.95 Å². The first-order chi connectivity index (χ1) is 9.75. The van der Waals surface area contributed by atoms with E-state index in [0.29, 0.717) is 5.95 Å². The number of carbonyl (C=O) groups is 1. The molecule has 0 saturated carbocycles. The fourth-order valence-corrected chi connectivity index (χ4v) is 1.96. The Morgan fingerprint density at radius 1 is 1.30 bits per heavy atom. The lowest BCUT2D eigenvalue weighted by atomic mass is 10.3. The maximum absolute atomic E-state index is 12.1. The van der Waals surface area contributed by atoms with Crippen LogP contribution in [0.5, 0.6) is 0 Å². The van der Waals surface area contributed by atoms with Crippen molar-refractivity contribution in [2.45, 2.75) is 0 Å². The molecule has 0 saturated heterocycles. The van der Waals surface area contributed by atoms with Crippen LogP contribution in [0.1, 0.15) is 10.5 Å². The predicted octanol–water partition coefficient (Wildman–Crippen LogP) is 2.50. The lowest BCUT2D eigenvalue weighted by Gasteiger charge is -2.08. The summed E-state index contributed by atoms with van der Waals surface area (Å²) in [5.41, 5.74) is 1.10. The van der Waals surface area contributed by atoms with Gasteiger partial charge >= 0.3 is 0 Å². The first kappa shape index (κ1) is 12.4. The second-order valence-corrected chi connectivity index (χ2v) is 4.41. The number of para-hydroxylation sites is 1. The zero-order valence-electron chi connectivity index (χ0n) is 10.2. The molecule has 100 valence electrons. The van der Waals surface area contributed by atoms with Crippen LogP contribution in [-0.2, 0) is 0 Å². The summed E-state index contributed by atoms with van der Waals surface area (Å²) >= 11 is 5.85. The highest BCUT2D eigenvalue weighted by molar-refractivity contribution is 6.33. The molecule has 0 radical (unpaired) electrons. The number of aromatic nitrogens is 4. The minimum absolute atomic E-state index is 0.203. The van der Waals surface area contributed by atoms with Crippen molar-refractivity contribution in [2.24, 2.45) is 0 Å². The van der Waals surface area contributed by atoms with E-state index in [-0.39, 0.29) is 10.7 Å². The van der Waals surface area contributed by atoms with Crippen molar-refractivity contribution in [1.29, 1.82) is 0 Å². The van der Waals surface area contributed by atoms with Crippen molar-refractivity contribution < 1.29 is 4.79 Å². The molecule has 0 unspecified atom stereocenters. The highest BCUT2D eigenvalue weighted by Gasteiger charge is 2.15. The molecule has 3 rings (SSSR count). The largest absolute Gasteiger partial charge is 0.290 e. The van der Waals surface area contributed by atoms with Crippen molar-refractivity contribution in [2.75, 3.05) is 5.32 Å². The molecule has 1 aromatic carbocycles. The van der Waals surface area contributed by atoms with Gasteiger partial charge < -0.3 is 0 Å². The van der Waals surface area contributed by atoms with Gasteiger partial charge in [-0.05, 0) is 12.1 Å². The smallest absolute Gasteiger partial charge is 0.277 e. The summed E-state index contributed by atoms with van der Waals surface area (Å²) in [6.45, 7) is 0. The quantitative estimate of drug-likeness (QED) is 0.777. The lowest BCUT2D eigenvalue weighted by Crippen LogP contribution is -2.16. The molecular weight excluding hydrogens is 278 g/mol. The Balaban J connectivity index is 1.88. The molecule has 0 atom stereocenters. The van der Waals surface area contributed by atoms with Crippen molar-refractivity contribution in [3.63, 3.8) is 0 Å². The van der Waals surface area contributed by atoms with E-state index in [1.807, 2.05) is 30.3 Å². The Morgan fingerprint density at radius 3 is 2.80 bits per heavy atom. The number of carbonyl (C=O) groups excluding carboxylic acids is 1. The molecule has 6 nitrogen and oxygen atoms in total. The number of nitrogens with one attached hydrogen (secondary N) is 2. The Kier molecular flexibility index (Phi) is 3.22. The number of amides is 1. The molecule has 0 spiro atoms. The van der Waals surface area contributed by atoms with E-state index < -0.39 is 5.91 Å². The molecule has 2 N–H and O–H groups in total. The molecule has 0 aliphatic carbocycles. The number of hydrogen-bond acceptors (Lipinski definition) is 3. The average molecular weight is 288 g/mol. The molecule has 0 aliphatic rings. The molecule has 0 bridgehead atoms. The summed E-state index contributed by atoms with van der Waals surface area (Å²) in [7, 11) is 0. The zero-order valence-corrected chi connectivity index (χ0v) is 11.0. The van der Waals surface area contributed by atoms with Gasteiger partial charge in [-0.15, -0.1) is 0 Å². The summed E-state index contributed by atoms with van der Waals surface area (Å²) in [5.74, 6) is 0.0164. The summed E-state index contributed by atoms with van der Waals surface area (Å²) in [5, 5.41) is 9.21. The van der Waals surface area contributed by atoms with Gasteiger partial charge in [0.1, 0.15) is 5.69 Å². The van der Waals surface area contributed by atoms with E-state index in [1.165, 1.54) is 6.20 Å². The molecule has 1 amide bonds. The molecule has 2 heterocycles. The van der Waals surface area contributed by atoms with E-state index in [2.05, 4.69) is 20.5 Å². The van der Waals surface area contributed by atoms with Crippen LogP contribution in [0.25, 0.3) is 5.69 Å². The second-order valence-electron chi connectivity index (χ2n) is 4.00. The van der Waals surface area contributed by atoms with Gasteiger partial charge in [-0.3, -0.25) is 19.8 Å². The number of imidazole rings is 1. The van der Waals surface area contributed by atoms with Crippen LogP contribution in [0.15, 0.2) is 48.9 Å². The standard InChI is InChI=1S/C13H10ClN5O/c14-10-8-16-18-11(10)12(20)17-13-15-6-7-19(13)9-4-2-1-3-5-9/h1-8H,(H,16,18)(H,15,17,20). The number of anilines is 1. The number of halogens is 1. The molecule has 0 fully saturated rings. The van der Waals surface area contributed by atoms with Crippen LogP contribution < -0.4 is 5.32 Å². The fraction of sp³-hybridized carbons (Fsp3) is 0. The number of hydrogen-bond donors (Lipinski definition) is 2. The molecule has 3 aromatic rings. The van der Waals surface area contributed by atoms with Gasteiger partial charge in [0.25, 0.3) is 5.91 Å². The third-order valence-electron chi connectivity index (χ3n) is 2.72. The SMILES string of the molecule is O=C(Nc1nccn1-c1ccccc1)c1[nH]ncc1Cl. The van der Waals surface area contributed by atoms with Gasteiger partial charge in [0.05, 0.1) is 11.2 Å². The lowest BCUT2D eigenvalue weighted by molar-refractivity contribution is 0.102. The average Bonchev–Trinajstić information content (AvgIpc) is 3.08. The molecular formula is C13H10ClN5O. The van der Waals surface area contributed by atoms with Gasteiger partial charge in [0.15, 0.2) is 0 Å². The maximum atomic E-state index is 12.1. The Bertz CT molecular complexity index is 734. The fourth-order valence-electron chi connectivity index (χ4n) is 1.79. The van der Waals surface area contributed by atoms with E-state index in [9.17, 15) is 4.79 Å². The number of H-pyrrole nitrogens is 1. The van der Waals surface area contributed by atoms with Crippen molar-refractivity contribution in [3.8, 4) is 5.69 Å². The number of aromatic amines is 1. The third kappa shape index (κ3) is 2.28. The molecule has 20 heavy (non-hydrogen) atoms. The Labute approximate surface area is 119 Å². The van der Waals surface area contributed by atoms with E-state index >= 15 is 0 Å². The topological polar surface area (TPSA) is 75.6 Å². The highest BCUT2D eigenvalue weighted by atomic mass is 35.5. The first-order valence-electron chi connectivity index (χ1n) is 5.84. The third-order valence-corrected chi connectivity index (χ3v) is 3.01. The van der Waals surface area contributed by atoms with Gasteiger partial charge in [-0.25, -0.2) is 4.98 Å². The Hall–Kier alpha value is -2.60. The van der Waals surface area contributed by atoms with Crippen LogP contribution in [0.3, 0.4) is 0 Å². The minimum atomic E-state index is -0.393. The van der Waals surface area contributed by atoms with Crippen molar-refractivity contribution in [3.05, 3.63) is 59.6 Å². The van der Waals surface area contributed by atoms with Gasteiger partial charge in [-0.2, -0.15) is 5.10 Å². The van der Waals surface area contributed by atoms with Crippen molar-refractivity contribution >= 4 is 23.5 Å². The summed E-state index contributed by atoms with van der Waals surface area (Å²) in [6, 6.07) is 9.57. The number of benzene rings is 1. The normalized spacial score (nSPS) is 10.4. The van der Waals surface area contributed by atoms with E-state index in [0.717, 1.165) is 5.69 Å². The van der Waals surface area contributed by atoms with Crippen molar-refractivity contribution in [1.82, 2.24) is 19.7 Å². The minimum Gasteiger partial charge on any atom is -0.290 e. The summed E-state index contributed by atoms with van der Waals surface area (Å²) < 4.78 is 1.77. The first-order valence-corrected chi connectivity index (χ1v) is 6.22.